The van der Waals surface area contributed by atoms with Gasteiger partial charge in [0.05, 0.1) is 11.7 Å². The van der Waals surface area contributed by atoms with E-state index in [4.69, 9.17) is 0 Å². The number of aromatic nitrogens is 1. The quantitative estimate of drug-likeness (QED) is 0.433. The molecule has 0 atom stereocenters. The molecule has 1 heterocycles. The van der Waals surface area contributed by atoms with Crippen LogP contribution in [0.3, 0.4) is 0 Å². The van der Waals surface area contributed by atoms with Gasteiger partial charge in [-0.25, -0.2) is 0 Å². The van der Waals surface area contributed by atoms with Crippen LogP contribution in [0, 0.1) is 0 Å². The molecule has 80 valence electrons. The topological polar surface area (TPSA) is 97.6 Å². The van der Waals surface area contributed by atoms with Crippen molar-refractivity contribution in [3.8, 4) is 5.75 Å². The minimum Gasteiger partial charge on any atom is -0.778 e. The van der Waals surface area contributed by atoms with E-state index in [1.807, 2.05) is 0 Å². The number of nitrogens with zero attached hydrogens (tertiary/aromatic N) is 1. The van der Waals surface area contributed by atoms with Gasteiger partial charge < -0.3 is 24.1 Å². The predicted molar refractivity (Wildman–Crippen MR) is 47.8 cm³/mol. The van der Waals surface area contributed by atoms with E-state index in [1.165, 1.54) is 6.07 Å². The Kier molecular flexibility index (Phi) is 6.81. The number of hydrogen-bond acceptors (Lipinski definition) is 5. The van der Waals surface area contributed by atoms with Gasteiger partial charge in [-0.2, -0.15) is 4.73 Å². The molecule has 0 aliphatic rings. The van der Waals surface area contributed by atoms with Crippen molar-refractivity contribution in [2.75, 3.05) is 0 Å². The summed E-state index contributed by atoms with van der Waals surface area (Å²) in [5.41, 5.74) is 0.307. The number of aromatic hydroxyl groups is 1. The first-order chi connectivity index (χ1) is 6.97. The van der Waals surface area contributed by atoms with Crippen LogP contribution >= 0.6 is 7.82 Å². The van der Waals surface area contributed by atoms with Gasteiger partial charge >= 0.3 is 59.1 Å². The van der Waals surface area contributed by atoms with Crippen LogP contribution in [-0.2, 0) is 4.57 Å². The van der Waals surface area contributed by atoms with Crippen LogP contribution in [0.25, 0.3) is 10.9 Å². The van der Waals surface area contributed by atoms with Crippen LogP contribution < -0.4 is 73.5 Å². The molecule has 17 heavy (non-hydrogen) atoms. The van der Waals surface area contributed by atoms with Crippen LogP contribution in [0.5, 0.6) is 5.75 Å². The number of hydrogen-bond donors (Lipinski definition) is 1. The normalized spacial score (nSPS) is 10.5. The largest absolute Gasteiger partial charge is 1.00 e. The Morgan fingerprint density at radius 3 is 2.41 bits per heavy atom. The summed E-state index contributed by atoms with van der Waals surface area (Å²) < 4.78 is 15.3. The second kappa shape index (κ2) is 6.61. The Morgan fingerprint density at radius 2 is 1.82 bits per heavy atom. The zero-order valence-corrected chi connectivity index (χ0v) is 14.3. The number of rotatable bonds is 2. The first-order valence-corrected chi connectivity index (χ1v) is 5.44. The van der Waals surface area contributed by atoms with Gasteiger partial charge in [0.15, 0.2) is 0 Å². The molecule has 0 saturated carbocycles. The number of benzene rings is 1. The Morgan fingerprint density at radius 1 is 1.24 bits per heavy atom. The molecule has 0 aliphatic carbocycles. The van der Waals surface area contributed by atoms with Crippen molar-refractivity contribution in [2.24, 2.45) is 0 Å². The average molecular weight is 273 g/mol. The summed E-state index contributed by atoms with van der Waals surface area (Å²) in [6, 6.07) is 6.39. The molecule has 0 unspecified atom stereocenters. The van der Waals surface area contributed by atoms with Crippen molar-refractivity contribution in [1.29, 1.82) is 0 Å². The smallest absolute Gasteiger partial charge is 0.778 e. The van der Waals surface area contributed by atoms with E-state index < -0.39 is 7.82 Å². The van der Waals surface area contributed by atoms with Crippen molar-refractivity contribution in [1.82, 2.24) is 4.73 Å². The fourth-order valence-electron chi connectivity index (χ4n) is 1.31. The van der Waals surface area contributed by atoms with Gasteiger partial charge in [0.2, 0.25) is 0 Å². The zero-order valence-electron chi connectivity index (χ0n) is 9.36. The first-order valence-electron chi connectivity index (χ1n) is 3.98. The number of para-hydroxylation sites is 1. The molecule has 2 aromatic rings. The van der Waals surface area contributed by atoms with Crippen LogP contribution in [0.4, 0.5) is 0 Å². The van der Waals surface area contributed by atoms with E-state index in [1.54, 1.807) is 18.2 Å². The zero-order chi connectivity index (χ0) is 11.1. The molecule has 1 N–H and O–H groups in total. The maximum atomic E-state index is 10.4. The summed E-state index contributed by atoms with van der Waals surface area (Å²) in [5.74, 6) is -0.154. The molecule has 0 bridgehead atoms. The summed E-state index contributed by atoms with van der Waals surface area (Å²) in [5, 5.41) is 9.80. The van der Waals surface area contributed by atoms with Gasteiger partial charge in [0, 0.05) is 5.39 Å². The van der Waals surface area contributed by atoms with Crippen molar-refractivity contribution in [3.05, 3.63) is 30.5 Å². The fraction of sp³-hybridized carbons (Fsp3) is 0. The fourth-order valence-corrected chi connectivity index (χ4v) is 1.66. The molecule has 0 spiro atoms. The first kappa shape index (κ1) is 17.5. The SMILES string of the molecule is O=P([O-])([O-])On1cc(O)c2ccccc21.[Na+].[Na+]. The molecule has 0 radical (unpaired) electrons. The van der Waals surface area contributed by atoms with Crippen molar-refractivity contribution >= 4 is 18.7 Å². The number of fused-ring (bicyclic) bond motifs is 1. The second-order valence-corrected chi connectivity index (χ2v) is 3.94. The van der Waals surface area contributed by atoms with E-state index in [2.05, 4.69) is 4.62 Å². The van der Waals surface area contributed by atoms with E-state index >= 15 is 0 Å². The third kappa shape index (κ3) is 4.28. The Labute approximate surface area is 141 Å². The van der Waals surface area contributed by atoms with E-state index in [0.717, 1.165) is 10.9 Å². The van der Waals surface area contributed by atoms with Gasteiger partial charge in [-0.05, 0) is 12.1 Å². The van der Waals surface area contributed by atoms with E-state index in [0.29, 0.717) is 10.9 Å². The molecule has 1 aromatic carbocycles. The van der Waals surface area contributed by atoms with Gasteiger partial charge in [0.25, 0.3) is 0 Å². The molecule has 2 rings (SSSR count). The van der Waals surface area contributed by atoms with Crippen molar-refractivity contribution < 1.29 is 83.2 Å². The molecule has 0 saturated heterocycles. The number of phosphoric acid groups is 1. The Balaban J connectivity index is 0.00000128. The minimum atomic E-state index is -5.13. The van der Waals surface area contributed by atoms with Gasteiger partial charge in [-0.1, -0.05) is 12.1 Å². The van der Waals surface area contributed by atoms with E-state index in [9.17, 15) is 19.5 Å². The molecule has 0 amide bonds. The average Bonchev–Trinajstić information content (AvgIpc) is 2.42. The van der Waals surface area contributed by atoms with E-state index in [-0.39, 0.29) is 64.9 Å². The molecule has 9 heteroatoms. The molecule has 0 aliphatic heterocycles. The van der Waals surface area contributed by atoms with Crippen LogP contribution in [0.15, 0.2) is 30.5 Å². The summed E-state index contributed by atoms with van der Waals surface area (Å²) >= 11 is 0. The molecular weight excluding hydrogens is 267 g/mol. The van der Waals surface area contributed by atoms with Crippen LogP contribution in [0.2, 0.25) is 0 Å². The minimum absolute atomic E-state index is 0. The monoisotopic (exact) mass is 273 g/mol. The predicted octanol–water partition coefficient (Wildman–Crippen LogP) is -6.39. The second-order valence-electron chi connectivity index (χ2n) is 2.89. The van der Waals surface area contributed by atoms with Crippen LogP contribution in [0.1, 0.15) is 0 Å². The summed E-state index contributed by atoms with van der Waals surface area (Å²) in [6.07, 6.45) is 1.02. The Bertz CT molecular complexity index is 552. The van der Waals surface area contributed by atoms with Gasteiger partial charge in [0.1, 0.15) is 13.6 Å². The third-order valence-corrected chi connectivity index (χ3v) is 2.22. The molecule has 1 aromatic heterocycles. The van der Waals surface area contributed by atoms with Crippen molar-refractivity contribution in [2.45, 2.75) is 0 Å². The maximum Gasteiger partial charge on any atom is 1.00 e. The standard InChI is InChI=1S/C8H8NO5P.2Na/c10-8-5-9(14-15(11,12)13)7-4-2-1-3-6(7)8;;/h1-5,10H,(H2,11,12,13);;/q;2*+1/p-2. The summed E-state index contributed by atoms with van der Waals surface area (Å²) in [6.45, 7) is 0. The maximum absolute atomic E-state index is 10.4. The van der Waals surface area contributed by atoms with Gasteiger partial charge in [-0.3, -0.25) is 0 Å². The Hall–Kier alpha value is 0.510. The summed E-state index contributed by atoms with van der Waals surface area (Å²) in [7, 11) is -5.13. The van der Waals surface area contributed by atoms with Crippen molar-refractivity contribution in [3.63, 3.8) is 0 Å². The summed E-state index contributed by atoms with van der Waals surface area (Å²) in [4.78, 5) is 20.8. The molecule has 0 fully saturated rings. The molecular formula is C8H6NNa2O5P. The third-order valence-electron chi connectivity index (χ3n) is 1.84. The van der Waals surface area contributed by atoms with Gasteiger partial charge in [-0.15, -0.1) is 0 Å². The van der Waals surface area contributed by atoms with Crippen LogP contribution in [-0.4, -0.2) is 9.84 Å². The molecule has 6 nitrogen and oxygen atoms in total.